The highest BCUT2D eigenvalue weighted by Gasteiger charge is 2.51. The van der Waals surface area contributed by atoms with E-state index in [4.69, 9.17) is 0 Å². The van der Waals surface area contributed by atoms with E-state index in [0.29, 0.717) is 17.8 Å². The standard InChI is InChI=1S/C13H17N3O2/c1-7-4-5-14-13(15-7)16-11-9-3-2-8(6-9)10(11)12(17)18/h4-5,8-11H,2-3,6H2,1H3,(H,17,18)(H,14,15,16). The van der Waals surface area contributed by atoms with Crippen molar-refractivity contribution in [1.29, 1.82) is 0 Å². The highest BCUT2D eigenvalue weighted by Crippen LogP contribution is 2.49. The second-order valence-electron chi connectivity index (χ2n) is 5.39. The number of hydrogen-bond donors (Lipinski definition) is 2. The topological polar surface area (TPSA) is 75.1 Å². The van der Waals surface area contributed by atoms with Crippen LogP contribution in [0.2, 0.25) is 0 Å². The summed E-state index contributed by atoms with van der Waals surface area (Å²) in [6, 6.07) is 1.82. The van der Waals surface area contributed by atoms with Crippen LogP contribution < -0.4 is 5.32 Å². The highest BCUT2D eigenvalue weighted by molar-refractivity contribution is 5.73. The van der Waals surface area contributed by atoms with Gasteiger partial charge in [-0.3, -0.25) is 4.79 Å². The number of nitrogens with one attached hydrogen (secondary N) is 1. The van der Waals surface area contributed by atoms with Crippen molar-refractivity contribution in [3.05, 3.63) is 18.0 Å². The predicted molar refractivity (Wildman–Crippen MR) is 66.1 cm³/mol. The first-order valence-corrected chi connectivity index (χ1v) is 6.44. The molecule has 4 unspecified atom stereocenters. The van der Waals surface area contributed by atoms with Crippen molar-refractivity contribution >= 4 is 11.9 Å². The average molecular weight is 247 g/mol. The number of hydrogen-bond acceptors (Lipinski definition) is 4. The summed E-state index contributed by atoms with van der Waals surface area (Å²) in [5, 5.41) is 12.6. The average Bonchev–Trinajstić information content (AvgIpc) is 2.89. The normalized spacial score (nSPS) is 33.6. The summed E-state index contributed by atoms with van der Waals surface area (Å²) in [6.45, 7) is 1.91. The van der Waals surface area contributed by atoms with Crippen molar-refractivity contribution in [3.8, 4) is 0 Å². The highest BCUT2D eigenvalue weighted by atomic mass is 16.4. The van der Waals surface area contributed by atoms with Crippen LogP contribution in [0.5, 0.6) is 0 Å². The Hall–Kier alpha value is -1.65. The molecule has 0 aromatic carbocycles. The number of nitrogens with zero attached hydrogens (tertiary/aromatic N) is 2. The molecule has 0 amide bonds. The van der Waals surface area contributed by atoms with E-state index in [1.54, 1.807) is 6.20 Å². The number of anilines is 1. The van der Waals surface area contributed by atoms with Crippen LogP contribution in [-0.2, 0) is 4.79 Å². The lowest BCUT2D eigenvalue weighted by molar-refractivity contribution is -0.143. The van der Waals surface area contributed by atoms with Crippen molar-refractivity contribution in [2.24, 2.45) is 17.8 Å². The molecular formula is C13H17N3O2. The number of fused-ring (bicyclic) bond motifs is 2. The van der Waals surface area contributed by atoms with Gasteiger partial charge in [-0.05, 0) is 44.1 Å². The molecule has 2 aliphatic carbocycles. The van der Waals surface area contributed by atoms with Gasteiger partial charge in [0.2, 0.25) is 5.95 Å². The van der Waals surface area contributed by atoms with Crippen molar-refractivity contribution in [3.63, 3.8) is 0 Å². The van der Waals surface area contributed by atoms with E-state index in [2.05, 4.69) is 15.3 Å². The first-order valence-electron chi connectivity index (χ1n) is 6.44. The van der Waals surface area contributed by atoms with Crippen molar-refractivity contribution < 1.29 is 9.90 Å². The van der Waals surface area contributed by atoms with Crippen molar-refractivity contribution in [1.82, 2.24) is 9.97 Å². The molecule has 2 fully saturated rings. The van der Waals surface area contributed by atoms with Gasteiger partial charge in [-0.1, -0.05) is 0 Å². The molecule has 0 saturated heterocycles. The number of aryl methyl sites for hydroxylation is 1. The molecule has 2 aliphatic rings. The lowest BCUT2D eigenvalue weighted by Crippen LogP contribution is -2.39. The second kappa shape index (κ2) is 4.23. The van der Waals surface area contributed by atoms with Crippen LogP contribution in [0.3, 0.4) is 0 Å². The molecule has 2 bridgehead atoms. The minimum atomic E-state index is -0.688. The smallest absolute Gasteiger partial charge is 0.308 e. The third kappa shape index (κ3) is 1.83. The first kappa shape index (κ1) is 11.4. The lowest BCUT2D eigenvalue weighted by Gasteiger charge is -2.28. The lowest BCUT2D eigenvalue weighted by atomic mass is 9.84. The molecule has 1 heterocycles. The molecule has 96 valence electrons. The van der Waals surface area contributed by atoms with Gasteiger partial charge in [-0.2, -0.15) is 0 Å². The molecule has 1 aromatic rings. The molecule has 18 heavy (non-hydrogen) atoms. The molecule has 2 N–H and O–H groups in total. The Bertz CT molecular complexity index is 477. The van der Waals surface area contributed by atoms with Crippen molar-refractivity contribution in [2.45, 2.75) is 32.2 Å². The van der Waals surface area contributed by atoms with Gasteiger partial charge in [0.25, 0.3) is 0 Å². The van der Waals surface area contributed by atoms with E-state index in [-0.39, 0.29) is 12.0 Å². The van der Waals surface area contributed by atoms with E-state index in [1.165, 1.54) is 0 Å². The van der Waals surface area contributed by atoms with E-state index in [0.717, 1.165) is 25.0 Å². The summed E-state index contributed by atoms with van der Waals surface area (Å²) in [6.07, 6.45) is 4.90. The van der Waals surface area contributed by atoms with Gasteiger partial charge in [0.1, 0.15) is 0 Å². The Morgan fingerprint density at radius 2 is 2.22 bits per heavy atom. The Labute approximate surface area is 106 Å². The third-order valence-corrected chi connectivity index (χ3v) is 4.29. The van der Waals surface area contributed by atoms with Gasteiger partial charge in [0.15, 0.2) is 0 Å². The maximum Gasteiger partial charge on any atom is 0.308 e. The monoisotopic (exact) mass is 247 g/mol. The molecule has 5 heteroatoms. The van der Waals surface area contributed by atoms with E-state index < -0.39 is 5.97 Å². The maximum atomic E-state index is 11.4. The van der Waals surface area contributed by atoms with Gasteiger partial charge < -0.3 is 10.4 Å². The Kier molecular flexibility index (Phi) is 2.69. The van der Waals surface area contributed by atoms with Crippen LogP contribution in [0.25, 0.3) is 0 Å². The second-order valence-corrected chi connectivity index (χ2v) is 5.39. The van der Waals surface area contributed by atoms with Crippen LogP contribution in [0.15, 0.2) is 12.3 Å². The Balaban J connectivity index is 1.81. The van der Waals surface area contributed by atoms with Crippen LogP contribution in [0.4, 0.5) is 5.95 Å². The Morgan fingerprint density at radius 3 is 2.94 bits per heavy atom. The van der Waals surface area contributed by atoms with Crippen LogP contribution in [0.1, 0.15) is 25.0 Å². The first-order chi connectivity index (χ1) is 8.65. The molecule has 1 aromatic heterocycles. The predicted octanol–water partition coefficient (Wildman–Crippen LogP) is 1.70. The van der Waals surface area contributed by atoms with E-state index in [1.807, 2.05) is 13.0 Å². The molecule has 4 atom stereocenters. The molecule has 0 spiro atoms. The number of carboxylic acids is 1. The number of carbonyl (C=O) groups is 1. The van der Waals surface area contributed by atoms with Gasteiger partial charge in [-0.15, -0.1) is 0 Å². The fraction of sp³-hybridized carbons (Fsp3) is 0.615. The van der Waals surface area contributed by atoms with Crippen LogP contribution in [-0.4, -0.2) is 27.1 Å². The minimum Gasteiger partial charge on any atom is -0.481 e. The fourth-order valence-corrected chi connectivity index (χ4v) is 3.52. The van der Waals surface area contributed by atoms with Gasteiger partial charge >= 0.3 is 5.97 Å². The summed E-state index contributed by atoms with van der Waals surface area (Å²) >= 11 is 0. The largest absolute Gasteiger partial charge is 0.481 e. The molecule has 2 saturated carbocycles. The molecule has 5 nitrogen and oxygen atoms in total. The fourth-order valence-electron chi connectivity index (χ4n) is 3.52. The van der Waals surface area contributed by atoms with Crippen LogP contribution in [0, 0.1) is 24.7 Å². The van der Waals surface area contributed by atoms with Gasteiger partial charge in [0.05, 0.1) is 5.92 Å². The zero-order valence-electron chi connectivity index (χ0n) is 10.3. The number of carboxylic acid groups (broad SMARTS) is 1. The van der Waals surface area contributed by atoms with Crippen molar-refractivity contribution in [2.75, 3.05) is 5.32 Å². The Morgan fingerprint density at radius 1 is 1.44 bits per heavy atom. The van der Waals surface area contributed by atoms with E-state index >= 15 is 0 Å². The van der Waals surface area contributed by atoms with E-state index in [9.17, 15) is 9.90 Å². The minimum absolute atomic E-state index is 0.0111. The van der Waals surface area contributed by atoms with Crippen LogP contribution >= 0.6 is 0 Å². The molecular weight excluding hydrogens is 230 g/mol. The number of aromatic nitrogens is 2. The molecule has 3 rings (SSSR count). The number of aliphatic carboxylic acids is 1. The summed E-state index contributed by atoms with van der Waals surface area (Å²) in [4.78, 5) is 19.8. The summed E-state index contributed by atoms with van der Waals surface area (Å²) in [7, 11) is 0. The molecule has 0 aliphatic heterocycles. The third-order valence-electron chi connectivity index (χ3n) is 4.29. The van der Waals surface area contributed by atoms with Gasteiger partial charge in [0, 0.05) is 17.9 Å². The molecule has 0 radical (unpaired) electrons. The number of rotatable bonds is 3. The zero-order chi connectivity index (χ0) is 12.7. The quantitative estimate of drug-likeness (QED) is 0.850. The maximum absolute atomic E-state index is 11.4. The van der Waals surface area contributed by atoms with Gasteiger partial charge in [-0.25, -0.2) is 9.97 Å². The summed E-state index contributed by atoms with van der Waals surface area (Å²) in [5.41, 5.74) is 0.891. The summed E-state index contributed by atoms with van der Waals surface area (Å²) < 4.78 is 0. The SMILES string of the molecule is Cc1ccnc(NC2C3CCC(C3)C2C(=O)O)n1. The zero-order valence-corrected chi connectivity index (χ0v) is 10.3. The summed E-state index contributed by atoms with van der Waals surface area (Å²) in [5.74, 6) is 0.369.